The van der Waals surface area contributed by atoms with Gasteiger partial charge in [-0.15, -0.1) is 0 Å². The monoisotopic (exact) mass is 144 g/mol. The zero-order valence-corrected chi connectivity index (χ0v) is 6.43. The number of Topliss-reactive ketones (excluding diaryl/α,β-unsaturated/α-hetero) is 1. The third-order valence-electron chi connectivity index (χ3n) is 2.16. The molecule has 1 rings (SSSR count). The van der Waals surface area contributed by atoms with Gasteiger partial charge in [-0.2, -0.15) is 0 Å². The number of alkyl halides is 1. The molecule has 0 amide bonds. The van der Waals surface area contributed by atoms with Crippen LogP contribution < -0.4 is 0 Å². The fourth-order valence-electron chi connectivity index (χ4n) is 1.59. The van der Waals surface area contributed by atoms with E-state index in [4.69, 9.17) is 0 Å². The second-order valence-corrected chi connectivity index (χ2v) is 3.35. The molecular weight excluding hydrogens is 131 g/mol. The van der Waals surface area contributed by atoms with Gasteiger partial charge >= 0.3 is 0 Å². The molecule has 0 bridgehead atoms. The summed E-state index contributed by atoms with van der Waals surface area (Å²) in [5.74, 6) is 0.125. The Morgan fingerprint density at radius 1 is 1.40 bits per heavy atom. The summed E-state index contributed by atoms with van der Waals surface area (Å²) >= 11 is 0. The van der Waals surface area contributed by atoms with Gasteiger partial charge in [0.15, 0.2) is 12.0 Å². The molecule has 10 heavy (non-hydrogen) atoms. The Balaban J connectivity index is 2.57. The summed E-state index contributed by atoms with van der Waals surface area (Å²) in [4.78, 5) is 10.9. The van der Waals surface area contributed by atoms with E-state index in [-0.39, 0.29) is 11.7 Å². The van der Waals surface area contributed by atoms with Crippen molar-refractivity contribution in [2.45, 2.75) is 32.9 Å². The van der Waals surface area contributed by atoms with Crippen LogP contribution in [0.25, 0.3) is 0 Å². The number of hydrogen-bond acceptors (Lipinski definition) is 1. The van der Waals surface area contributed by atoms with Crippen LogP contribution in [0.15, 0.2) is 0 Å². The van der Waals surface area contributed by atoms with Gasteiger partial charge in [0, 0.05) is 5.92 Å². The summed E-state index contributed by atoms with van der Waals surface area (Å²) < 4.78 is 12.7. The third-order valence-corrected chi connectivity index (χ3v) is 2.16. The SMILES string of the molecule is CC1CC(C)C(=O)C(F)C1. The van der Waals surface area contributed by atoms with Gasteiger partial charge in [0.25, 0.3) is 0 Å². The van der Waals surface area contributed by atoms with Crippen molar-refractivity contribution in [3.05, 3.63) is 0 Å². The minimum absolute atomic E-state index is 0.0567. The second kappa shape index (κ2) is 2.69. The largest absolute Gasteiger partial charge is 0.296 e. The van der Waals surface area contributed by atoms with Crippen molar-refractivity contribution >= 4 is 5.78 Å². The molecule has 2 heteroatoms. The van der Waals surface area contributed by atoms with E-state index in [2.05, 4.69) is 0 Å². The smallest absolute Gasteiger partial charge is 0.169 e. The quantitative estimate of drug-likeness (QED) is 0.508. The van der Waals surface area contributed by atoms with Crippen LogP contribution in [0.3, 0.4) is 0 Å². The molecule has 58 valence electrons. The summed E-state index contributed by atoms with van der Waals surface area (Å²) in [5, 5.41) is 0. The van der Waals surface area contributed by atoms with Crippen LogP contribution in [0.2, 0.25) is 0 Å². The Labute approximate surface area is 60.6 Å². The number of rotatable bonds is 0. The summed E-state index contributed by atoms with van der Waals surface area (Å²) in [6, 6.07) is 0. The Bertz CT molecular complexity index is 130. The van der Waals surface area contributed by atoms with E-state index >= 15 is 0 Å². The maximum Gasteiger partial charge on any atom is 0.169 e. The van der Waals surface area contributed by atoms with E-state index in [1.54, 1.807) is 0 Å². The fraction of sp³-hybridized carbons (Fsp3) is 0.875. The van der Waals surface area contributed by atoms with Gasteiger partial charge in [0.1, 0.15) is 0 Å². The van der Waals surface area contributed by atoms with Gasteiger partial charge in [-0.1, -0.05) is 13.8 Å². The first kappa shape index (κ1) is 7.70. The minimum atomic E-state index is -1.18. The highest BCUT2D eigenvalue weighted by Crippen LogP contribution is 2.27. The molecule has 0 saturated heterocycles. The molecule has 1 saturated carbocycles. The third kappa shape index (κ3) is 1.36. The predicted octanol–water partition coefficient (Wildman–Crippen LogP) is 1.96. The van der Waals surface area contributed by atoms with Crippen LogP contribution in [0.4, 0.5) is 4.39 Å². The highest BCUT2D eigenvalue weighted by molar-refractivity contribution is 5.85. The summed E-state index contributed by atoms with van der Waals surface area (Å²) in [7, 11) is 0. The number of halogens is 1. The van der Waals surface area contributed by atoms with Crippen molar-refractivity contribution < 1.29 is 9.18 Å². The standard InChI is InChI=1S/C8H13FO/c1-5-3-6(2)8(10)7(9)4-5/h5-7H,3-4H2,1-2H3. The second-order valence-electron chi connectivity index (χ2n) is 3.35. The Hall–Kier alpha value is -0.400. The average molecular weight is 144 g/mol. The van der Waals surface area contributed by atoms with Crippen molar-refractivity contribution in [3.8, 4) is 0 Å². The normalized spacial score (nSPS) is 41.9. The lowest BCUT2D eigenvalue weighted by Crippen LogP contribution is -2.31. The van der Waals surface area contributed by atoms with E-state index in [0.717, 1.165) is 6.42 Å². The van der Waals surface area contributed by atoms with Gasteiger partial charge in [0.05, 0.1) is 0 Å². The maximum atomic E-state index is 12.7. The highest BCUT2D eigenvalue weighted by Gasteiger charge is 2.31. The van der Waals surface area contributed by atoms with Crippen molar-refractivity contribution in [2.24, 2.45) is 11.8 Å². The molecule has 1 aliphatic rings. The van der Waals surface area contributed by atoms with Crippen LogP contribution in [0.1, 0.15) is 26.7 Å². The molecule has 0 aromatic rings. The molecule has 0 aromatic heterocycles. The molecule has 0 spiro atoms. The lowest BCUT2D eigenvalue weighted by molar-refractivity contribution is -0.130. The first-order valence-electron chi connectivity index (χ1n) is 3.79. The van der Waals surface area contributed by atoms with Crippen LogP contribution >= 0.6 is 0 Å². The molecule has 3 atom stereocenters. The molecule has 0 aromatic carbocycles. The van der Waals surface area contributed by atoms with E-state index in [0.29, 0.717) is 12.3 Å². The van der Waals surface area contributed by atoms with Gasteiger partial charge < -0.3 is 0 Å². The molecule has 0 radical (unpaired) electrons. The van der Waals surface area contributed by atoms with E-state index in [1.807, 2.05) is 13.8 Å². The van der Waals surface area contributed by atoms with E-state index in [9.17, 15) is 9.18 Å². The Morgan fingerprint density at radius 2 is 2.00 bits per heavy atom. The van der Waals surface area contributed by atoms with Crippen molar-refractivity contribution in [2.75, 3.05) is 0 Å². The first-order chi connectivity index (χ1) is 4.61. The summed E-state index contributed by atoms with van der Waals surface area (Å²) in [6.45, 7) is 3.81. The van der Waals surface area contributed by atoms with Crippen molar-refractivity contribution in [1.82, 2.24) is 0 Å². The molecule has 1 fully saturated rings. The molecular formula is C8H13FO. The fourth-order valence-corrected chi connectivity index (χ4v) is 1.59. The van der Waals surface area contributed by atoms with Crippen LogP contribution in [0.5, 0.6) is 0 Å². The average Bonchev–Trinajstić information content (AvgIpc) is 1.82. The number of ketones is 1. The lowest BCUT2D eigenvalue weighted by Gasteiger charge is -2.25. The number of carbonyl (C=O) groups excluding carboxylic acids is 1. The maximum absolute atomic E-state index is 12.7. The molecule has 1 nitrogen and oxygen atoms in total. The van der Waals surface area contributed by atoms with Crippen LogP contribution in [-0.4, -0.2) is 12.0 Å². The molecule has 0 N–H and O–H groups in total. The minimum Gasteiger partial charge on any atom is -0.296 e. The van der Waals surface area contributed by atoms with Gasteiger partial charge in [-0.05, 0) is 18.8 Å². The zero-order valence-electron chi connectivity index (χ0n) is 6.43. The van der Waals surface area contributed by atoms with Gasteiger partial charge in [0.2, 0.25) is 0 Å². The van der Waals surface area contributed by atoms with Crippen molar-refractivity contribution in [3.63, 3.8) is 0 Å². The predicted molar refractivity (Wildman–Crippen MR) is 37.5 cm³/mol. The van der Waals surface area contributed by atoms with E-state index < -0.39 is 6.17 Å². The summed E-state index contributed by atoms with van der Waals surface area (Å²) in [5.41, 5.74) is 0. The first-order valence-corrected chi connectivity index (χ1v) is 3.79. The summed E-state index contributed by atoms with van der Waals surface area (Å²) in [6.07, 6.45) is 0.112. The van der Waals surface area contributed by atoms with Crippen LogP contribution in [0, 0.1) is 11.8 Å². The lowest BCUT2D eigenvalue weighted by atomic mass is 9.81. The molecule has 0 aliphatic heterocycles. The van der Waals surface area contributed by atoms with Gasteiger partial charge in [-0.25, -0.2) is 4.39 Å². The Kier molecular flexibility index (Phi) is 2.07. The zero-order chi connectivity index (χ0) is 7.72. The number of hydrogen-bond donors (Lipinski definition) is 0. The highest BCUT2D eigenvalue weighted by atomic mass is 19.1. The van der Waals surface area contributed by atoms with Crippen molar-refractivity contribution in [1.29, 1.82) is 0 Å². The number of carbonyl (C=O) groups is 1. The molecule has 3 unspecified atom stereocenters. The van der Waals surface area contributed by atoms with Crippen LogP contribution in [-0.2, 0) is 4.79 Å². The Morgan fingerprint density at radius 3 is 2.50 bits per heavy atom. The topological polar surface area (TPSA) is 17.1 Å². The molecule has 0 heterocycles. The molecule has 1 aliphatic carbocycles. The van der Waals surface area contributed by atoms with E-state index in [1.165, 1.54) is 0 Å². The van der Waals surface area contributed by atoms with Gasteiger partial charge in [-0.3, -0.25) is 4.79 Å².